The molecule has 5 nitrogen and oxygen atoms in total. The van der Waals surface area contributed by atoms with Crippen molar-refractivity contribution in [3.63, 3.8) is 0 Å². The molecule has 0 bridgehead atoms. The summed E-state index contributed by atoms with van der Waals surface area (Å²) in [7, 11) is -3.01. The Morgan fingerprint density at radius 2 is 2.00 bits per heavy atom. The average molecular weight is 287 g/mol. The lowest BCUT2D eigenvalue weighted by molar-refractivity contribution is -0.133. The Balaban J connectivity index is 1.85. The Bertz CT molecular complexity index is 559. The zero-order valence-corrected chi connectivity index (χ0v) is 11.0. The summed E-state index contributed by atoms with van der Waals surface area (Å²) in [5.74, 6) is -0.483. The van der Waals surface area contributed by atoms with Gasteiger partial charge in [-0.05, 0) is 12.1 Å². The summed E-state index contributed by atoms with van der Waals surface area (Å²) in [6, 6.07) is 5.51. The molecule has 1 aliphatic rings. The van der Waals surface area contributed by atoms with Gasteiger partial charge in [0, 0.05) is 19.2 Å². The molecule has 7 heteroatoms. The van der Waals surface area contributed by atoms with Crippen LogP contribution in [0.15, 0.2) is 24.3 Å². The van der Waals surface area contributed by atoms with Crippen LogP contribution in [0.25, 0.3) is 0 Å². The second kappa shape index (κ2) is 5.56. The molecule has 0 atom stereocenters. The van der Waals surface area contributed by atoms with Gasteiger partial charge in [-0.15, -0.1) is 0 Å². The molecule has 0 aromatic heterocycles. The number of carbonyl (C=O) groups excluding carboxylic acids is 1. The van der Waals surface area contributed by atoms with E-state index in [0.29, 0.717) is 0 Å². The van der Waals surface area contributed by atoms with Crippen LogP contribution in [0.4, 0.5) is 4.39 Å². The molecule has 1 aliphatic heterocycles. The first-order valence-electron chi connectivity index (χ1n) is 5.83. The number of hydrogen-bond donors (Lipinski definition) is 0. The Labute approximate surface area is 110 Å². The van der Waals surface area contributed by atoms with E-state index in [1.165, 1.54) is 23.1 Å². The number of hydrogen-bond acceptors (Lipinski definition) is 4. The Morgan fingerprint density at radius 3 is 2.63 bits per heavy atom. The van der Waals surface area contributed by atoms with Gasteiger partial charge in [-0.2, -0.15) is 0 Å². The minimum atomic E-state index is -3.01. The van der Waals surface area contributed by atoms with Gasteiger partial charge in [-0.25, -0.2) is 12.8 Å². The summed E-state index contributed by atoms with van der Waals surface area (Å²) >= 11 is 0. The van der Waals surface area contributed by atoms with Gasteiger partial charge >= 0.3 is 0 Å². The van der Waals surface area contributed by atoms with Crippen molar-refractivity contribution in [2.24, 2.45) is 0 Å². The highest BCUT2D eigenvalue weighted by Crippen LogP contribution is 2.12. The zero-order valence-electron chi connectivity index (χ0n) is 10.2. The van der Waals surface area contributed by atoms with Crippen LogP contribution < -0.4 is 4.74 Å². The first-order chi connectivity index (χ1) is 8.96. The van der Waals surface area contributed by atoms with Gasteiger partial charge in [0.15, 0.2) is 16.4 Å². The molecule has 0 saturated carbocycles. The third-order valence-corrected chi connectivity index (χ3v) is 4.46. The molecule has 19 heavy (non-hydrogen) atoms. The monoisotopic (exact) mass is 287 g/mol. The maximum atomic E-state index is 12.9. The number of rotatable bonds is 3. The molecule has 1 saturated heterocycles. The summed E-state index contributed by atoms with van der Waals surface area (Å²) < 4.78 is 40.5. The van der Waals surface area contributed by atoms with E-state index >= 15 is 0 Å². The summed E-state index contributed by atoms with van der Waals surface area (Å²) in [6.45, 7) is 0.158. The summed E-state index contributed by atoms with van der Waals surface area (Å²) in [5, 5.41) is 0. The smallest absolute Gasteiger partial charge is 0.260 e. The van der Waals surface area contributed by atoms with Crippen molar-refractivity contribution in [1.82, 2.24) is 4.90 Å². The maximum absolute atomic E-state index is 12.9. The Morgan fingerprint density at radius 1 is 1.32 bits per heavy atom. The van der Waals surface area contributed by atoms with E-state index in [9.17, 15) is 17.6 Å². The van der Waals surface area contributed by atoms with Crippen LogP contribution in [0, 0.1) is 5.82 Å². The maximum Gasteiger partial charge on any atom is 0.260 e. The molecule has 0 radical (unpaired) electrons. The SMILES string of the molecule is O=C(COc1cccc(F)c1)N1CCS(=O)(=O)CC1. The number of sulfone groups is 1. The lowest BCUT2D eigenvalue weighted by atomic mass is 10.3. The topological polar surface area (TPSA) is 63.7 Å². The van der Waals surface area contributed by atoms with E-state index < -0.39 is 15.7 Å². The molecule has 1 fully saturated rings. The van der Waals surface area contributed by atoms with Crippen LogP contribution in [-0.4, -0.2) is 50.4 Å². The number of ether oxygens (including phenoxy) is 1. The van der Waals surface area contributed by atoms with Crippen molar-refractivity contribution in [1.29, 1.82) is 0 Å². The molecule has 1 aromatic carbocycles. The predicted octanol–water partition coefficient (Wildman–Crippen LogP) is 0.462. The van der Waals surface area contributed by atoms with Crippen LogP contribution in [-0.2, 0) is 14.6 Å². The molecule has 1 amide bonds. The minimum absolute atomic E-state index is 0.0152. The van der Waals surface area contributed by atoms with E-state index in [0.717, 1.165) is 0 Å². The van der Waals surface area contributed by atoms with Gasteiger partial charge in [0.1, 0.15) is 11.6 Å². The Kier molecular flexibility index (Phi) is 4.04. The standard InChI is InChI=1S/C12H14FNO4S/c13-10-2-1-3-11(8-10)18-9-12(15)14-4-6-19(16,17)7-5-14/h1-3,8H,4-7,9H2. The fraction of sp³-hybridized carbons (Fsp3) is 0.417. The number of nitrogens with zero attached hydrogens (tertiary/aromatic N) is 1. The zero-order chi connectivity index (χ0) is 13.9. The lowest BCUT2D eigenvalue weighted by Crippen LogP contribution is -2.45. The molecule has 0 spiro atoms. The quantitative estimate of drug-likeness (QED) is 0.810. The van der Waals surface area contributed by atoms with Crippen molar-refractivity contribution in [3.8, 4) is 5.75 Å². The normalized spacial score (nSPS) is 18.1. The van der Waals surface area contributed by atoms with E-state index in [1.54, 1.807) is 6.07 Å². The third-order valence-electron chi connectivity index (χ3n) is 2.86. The summed E-state index contributed by atoms with van der Waals surface area (Å²) in [5.41, 5.74) is 0. The van der Waals surface area contributed by atoms with E-state index in [-0.39, 0.29) is 42.9 Å². The molecule has 2 rings (SSSR count). The number of halogens is 1. The van der Waals surface area contributed by atoms with Crippen molar-refractivity contribution in [2.45, 2.75) is 0 Å². The molecule has 104 valence electrons. The van der Waals surface area contributed by atoms with Crippen molar-refractivity contribution in [2.75, 3.05) is 31.2 Å². The highest BCUT2D eigenvalue weighted by molar-refractivity contribution is 7.91. The Hall–Kier alpha value is -1.63. The van der Waals surface area contributed by atoms with E-state index in [1.807, 2.05) is 0 Å². The molecular weight excluding hydrogens is 273 g/mol. The molecule has 1 heterocycles. The number of benzene rings is 1. The average Bonchev–Trinajstić information content (AvgIpc) is 2.36. The van der Waals surface area contributed by atoms with Crippen molar-refractivity contribution < 1.29 is 22.3 Å². The van der Waals surface area contributed by atoms with Crippen molar-refractivity contribution in [3.05, 3.63) is 30.1 Å². The fourth-order valence-corrected chi connectivity index (χ4v) is 2.96. The van der Waals surface area contributed by atoms with Crippen LogP contribution in [0.3, 0.4) is 0 Å². The van der Waals surface area contributed by atoms with Crippen LogP contribution in [0.2, 0.25) is 0 Å². The highest BCUT2D eigenvalue weighted by atomic mass is 32.2. The predicted molar refractivity (Wildman–Crippen MR) is 67.1 cm³/mol. The second-order valence-electron chi connectivity index (χ2n) is 4.28. The van der Waals surface area contributed by atoms with E-state index in [4.69, 9.17) is 4.74 Å². The van der Waals surface area contributed by atoms with Gasteiger partial charge < -0.3 is 9.64 Å². The van der Waals surface area contributed by atoms with Crippen LogP contribution in [0.1, 0.15) is 0 Å². The van der Waals surface area contributed by atoms with Gasteiger partial charge in [-0.3, -0.25) is 4.79 Å². The summed E-state index contributed by atoms with van der Waals surface area (Å²) in [6.07, 6.45) is 0. The highest BCUT2D eigenvalue weighted by Gasteiger charge is 2.25. The minimum Gasteiger partial charge on any atom is -0.484 e. The van der Waals surface area contributed by atoms with Gasteiger partial charge in [0.25, 0.3) is 5.91 Å². The molecule has 0 unspecified atom stereocenters. The molecule has 0 N–H and O–H groups in total. The van der Waals surface area contributed by atoms with Gasteiger partial charge in [0.05, 0.1) is 11.5 Å². The van der Waals surface area contributed by atoms with Crippen LogP contribution in [0.5, 0.6) is 5.75 Å². The van der Waals surface area contributed by atoms with Gasteiger partial charge in [0.2, 0.25) is 0 Å². The summed E-state index contributed by atoms with van der Waals surface area (Å²) in [4.78, 5) is 13.2. The molecule has 1 aromatic rings. The fourth-order valence-electron chi connectivity index (χ4n) is 1.75. The third kappa shape index (κ3) is 3.92. The van der Waals surface area contributed by atoms with Crippen molar-refractivity contribution >= 4 is 15.7 Å². The lowest BCUT2D eigenvalue weighted by Gasteiger charge is -2.26. The molecule has 0 aliphatic carbocycles. The van der Waals surface area contributed by atoms with E-state index in [2.05, 4.69) is 0 Å². The number of carbonyl (C=O) groups is 1. The first-order valence-corrected chi connectivity index (χ1v) is 7.65. The van der Waals surface area contributed by atoms with Gasteiger partial charge in [-0.1, -0.05) is 6.07 Å². The number of amides is 1. The van der Waals surface area contributed by atoms with Crippen LogP contribution >= 0.6 is 0 Å². The second-order valence-corrected chi connectivity index (χ2v) is 6.58. The first kappa shape index (κ1) is 13.8. The molecular formula is C12H14FNO4S. The largest absolute Gasteiger partial charge is 0.484 e.